The largest absolute Gasteiger partial charge is 0.353 e. The van der Waals surface area contributed by atoms with E-state index in [-0.39, 0.29) is 24.6 Å². The van der Waals surface area contributed by atoms with E-state index in [1.54, 1.807) is 0 Å². The summed E-state index contributed by atoms with van der Waals surface area (Å²) in [6.45, 7) is 0.168. The van der Waals surface area contributed by atoms with Gasteiger partial charge in [0.1, 0.15) is 0 Å². The smallest absolute Gasteiger partial charge is 0.221 e. The molecule has 1 amide bonds. The molecule has 1 rings (SSSR count). The number of halogens is 1. The number of carbonyl (C=O) groups excluding carboxylic acids is 1. The molecule has 1 aliphatic rings. The molecule has 0 aromatic carbocycles. The lowest BCUT2D eigenvalue weighted by Gasteiger charge is -2.06. The molecule has 0 saturated heterocycles. The van der Waals surface area contributed by atoms with Crippen LogP contribution in [-0.2, 0) is 14.8 Å². The summed E-state index contributed by atoms with van der Waals surface area (Å²) in [5.74, 6) is 0.458. The maximum absolute atomic E-state index is 11.4. The van der Waals surface area contributed by atoms with E-state index in [0.717, 1.165) is 12.8 Å². The number of nitrogens with one attached hydrogen (secondary N) is 2. The molecule has 5 nitrogen and oxygen atoms in total. The van der Waals surface area contributed by atoms with Crippen LogP contribution in [0.3, 0.4) is 0 Å². The molecule has 0 unspecified atom stereocenters. The summed E-state index contributed by atoms with van der Waals surface area (Å²) in [5, 5.41) is 2.80. The van der Waals surface area contributed by atoms with Gasteiger partial charge in [0.25, 0.3) is 0 Å². The minimum Gasteiger partial charge on any atom is -0.353 e. The van der Waals surface area contributed by atoms with Gasteiger partial charge in [-0.05, 0) is 25.7 Å². The van der Waals surface area contributed by atoms with Gasteiger partial charge in [0.05, 0.1) is 5.75 Å². The second-order valence-corrected chi connectivity index (χ2v) is 6.51. The maximum Gasteiger partial charge on any atom is 0.221 e. The zero-order valence-corrected chi connectivity index (χ0v) is 11.3. The van der Waals surface area contributed by atoms with Crippen molar-refractivity contribution in [2.75, 3.05) is 18.2 Å². The third-order valence-electron chi connectivity index (χ3n) is 2.41. The van der Waals surface area contributed by atoms with Gasteiger partial charge in [-0.3, -0.25) is 4.79 Å². The van der Waals surface area contributed by atoms with E-state index in [4.69, 9.17) is 11.6 Å². The number of sulfonamides is 1. The van der Waals surface area contributed by atoms with E-state index in [0.29, 0.717) is 24.8 Å². The Kier molecular flexibility index (Phi) is 6.22. The standard InChI is InChI=1S/C10H19ClN2O3S/c11-6-1-2-8-17(15,16)12-7-5-10(14)13-9-3-4-9/h9,12H,1-8H2,(H,13,14). The first-order valence-corrected chi connectivity index (χ1v) is 8.05. The molecule has 0 atom stereocenters. The number of hydrogen-bond acceptors (Lipinski definition) is 3. The molecular weight excluding hydrogens is 264 g/mol. The van der Waals surface area contributed by atoms with Crippen molar-refractivity contribution in [1.82, 2.24) is 10.0 Å². The average Bonchev–Trinajstić information content (AvgIpc) is 3.01. The van der Waals surface area contributed by atoms with Gasteiger partial charge in [0.15, 0.2) is 0 Å². The molecule has 0 aromatic rings. The molecule has 1 saturated carbocycles. The molecule has 7 heteroatoms. The van der Waals surface area contributed by atoms with Crippen LogP contribution >= 0.6 is 11.6 Å². The number of alkyl halides is 1. The van der Waals surface area contributed by atoms with E-state index < -0.39 is 10.0 Å². The van der Waals surface area contributed by atoms with Crippen molar-refractivity contribution >= 4 is 27.5 Å². The van der Waals surface area contributed by atoms with Crippen LogP contribution in [0.1, 0.15) is 32.1 Å². The summed E-state index contributed by atoms with van der Waals surface area (Å²) >= 11 is 5.46. The van der Waals surface area contributed by atoms with Crippen molar-refractivity contribution in [3.8, 4) is 0 Å². The van der Waals surface area contributed by atoms with Crippen molar-refractivity contribution in [3.05, 3.63) is 0 Å². The fourth-order valence-corrected chi connectivity index (χ4v) is 2.64. The second-order valence-electron chi connectivity index (χ2n) is 4.20. The highest BCUT2D eigenvalue weighted by atomic mass is 35.5. The average molecular weight is 283 g/mol. The summed E-state index contributed by atoms with van der Waals surface area (Å²) < 4.78 is 25.3. The van der Waals surface area contributed by atoms with Crippen LogP contribution in [0.5, 0.6) is 0 Å². The van der Waals surface area contributed by atoms with Crippen LogP contribution in [-0.4, -0.2) is 38.5 Å². The predicted molar refractivity (Wildman–Crippen MR) is 67.5 cm³/mol. The van der Waals surface area contributed by atoms with Crippen LogP contribution in [0.2, 0.25) is 0 Å². The monoisotopic (exact) mass is 282 g/mol. The highest BCUT2D eigenvalue weighted by Crippen LogP contribution is 2.18. The van der Waals surface area contributed by atoms with Gasteiger partial charge in [0, 0.05) is 24.9 Å². The molecule has 100 valence electrons. The number of unbranched alkanes of at least 4 members (excludes halogenated alkanes) is 1. The van der Waals surface area contributed by atoms with E-state index in [1.807, 2.05) is 0 Å². The highest BCUT2D eigenvalue weighted by molar-refractivity contribution is 7.89. The number of rotatable bonds is 9. The van der Waals surface area contributed by atoms with Crippen LogP contribution in [0.25, 0.3) is 0 Å². The molecule has 0 heterocycles. The predicted octanol–water partition coefficient (Wildman–Crippen LogP) is 0.593. The van der Waals surface area contributed by atoms with E-state index in [2.05, 4.69) is 10.0 Å². The van der Waals surface area contributed by atoms with Crippen LogP contribution < -0.4 is 10.0 Å². The Morgan fingerprint density at radius 2 is 2.00 bits per heavy atom. The zero-order valence-electron chi connectivity index (χ0n) is 9.75. The van der Waals surface area contributed by atoms with Crippen molar-refractivity contribution in [2.24, 2.45) is 0 Å². The molecule has 1 aliphatic carbocycles. The normalized spacial score (nSPS) is 15.8. The Balaban J connectivity index is 2.08. The fourth-order valence-electron chi connectivity index (χ4n) is 1.31. The lowest BCUT2D eigenvalue weighted by Crippen LogP contribution is -2.32. The van der Waals surface area contributed by atoms with Crippen molar-refractivity contribution in [3.63, 3.8) is 0 Å². The van der Waals surface area contributed by atoms with Gasteiger partial charge in [-0.25, -0.2) is 13.1 Å². The Morgan fingerprint density at radius 3 is 2.59 bits per heavy atom. The first-order chi connectivity index (χ1) is 8.03. The first kappa shape index (κ1) is 14.7. The second kappa shape index (κ2) is 7.18. The minimum atomic E-state index is -3.25. The Morgan fingerprint density at radius 1 is 1.29 bits per heavy atom. The lowest BCUT2D eigenvalue weighted by molar-refractivity contribution is -0.121. The molecule has 0 aliphatic heterocycles. The molecule has 0 aromatic heterocycles. The van der Waals surface area contributed by atoms with Gasteiger partial charge in [-0.15, -0.1) is 11.6 Å². The first-order valence-electron chi connectivity index (χ1n) is 5.86. The quantitative estimate of drug-likeness (QED) is 0.480. The Labute approximate surface area is 107 Å². The van der Waals surface area contributed by atoms with Crippen LogP contribution in [0, 0.1) is 0 Å². The molecule has 2 N–H and O–H groups in total. The molecule has 0 radical (unpaired) electrons. The summed E-state index contributed by atoms with van der Waals surface area (Å²) in [6, 6.07) is 0.322. The fraction of sp³-hybridized carbons (Fsp3) is 0.900. The maximum atomic E-state index is 11.4. The summed E-state index contributed by atoms with van der Waals surface area (Å²) in [5.41, 5.74) is 0. The van der Waals surface area contributed by atoms with Gasteiger partial charge in [0.2, 0.25) is 15.9 Å². The third kappa shape index (κ3) is 7.57. The van der Waals surface area contributed by atoms with Gasteiger partial charge < -0.3 is 5.32 Å². The van der Waals surface area contributed by atoms with E-state index in [1.165, 1.54) is 0 Å². The van der Waals surface area contributed by atoms with Gasteiger partial charge in [-0.1, -0.05) is 0 Å². The van der Waals surface area contributed by atoms with Crippen molar-refractivity contribution in [1.29, 1.82) is 0 Å². The Hall–Kier alpha value is -0.330. The van der Waals surface area contributed by atoms with Crippen molar-refractivity contribution < 1.29 is 13.2 Å². The van der Waals surface area contributed by atoms with Crippen LogP contribution in [0.4, 0.5) is 0 Å². The highest BCUT2D eigenvalue weighted by Gasteiger charge is 2.23. The molecule has 0 spiro atoms. The number of carbonyl (C=O) groups is 1. The molecular formula is C10H19ClN2O3S. The van der Waals surface area contributed by atoms with E-state index in [9.17, 15) is 13.2 Å². The SMILES string of the molecule is O=C(CCNS(=O)(=O)CCCCCl)NC1CC1. The number of hydrogen-bond donors (Lipinski definition) is 2. The molecule has 1 fully saturated rings. The van der Waals surface area contributed by atoms with E-state index >= 15 is 0 Å². The molecule has 17 heavy (non-hydrogen) atoms. The third-order valence-corrected chi connectivity index (χ3v) is 4.15. The number of amides is 1. The van der Waals surface area contributed by atoms with Crippen LogP contribution in [0.15, 0.2) is 0 Å². The lowest BCUT2D eigenvalue weighted by atomic mass is 10.4. The van der Waals surface area contributed by atoms with Crippen molar-refractivity contribution in [2.45, 2.75) is 38.1 Å². The van der Waals surface area contributed by atoms with Gasteiger partial charge >= 0.3 is 0 Å². The summed E-state index contributed by atoms with van der Waals surface area (Å²) in [7, 11) is -3.25. The minimum absolute atomic E-state index is 0.0734. The molecule has 0 bridgehead atoms. The zero-order chi connectivity index (χ0) is 12.7. The van der Waals surface area contributed by atoms with Gasteiger partial charge in [-0.2, -0.15) is 0 Å². The summed E-state index contributed by atoms with van der Waals surface area (Å²) in [4.78, 5) is 11.3. The summed E-state index contributed by atoms with van der Waals surface area (Å²) in [6.07, 6.45) is 3.51. The topological polar surface area (TPSA) is 75.3 Å². The Bertz CT molecular complexity index is 341.